The topological polar surface area (TPSA) is 85.0 Å². The minimum Gasteiger partial charge on any atom is -0.453 e. The van der Waals surface area contributed by atoms with E-state index >= 15 is 0 Å². The van der Waals surface area contributed by atoms with E-state index in [-0.39, 0.29) is 54.2 Å². The molecule has 0 saturated carbocycles. The zero-order chi connectivity index (χ0) is 34.3. The average Bonchev–Trinajstić information content (AvgIpc) is 3.48. The van der Waals surface area contributed by atoms with Crippen molar-refractivity contribution in [1.82, 2.24) is 29.6 Å². The number of halogens is 4. The van der Waals surface area contributed by atoms with Crippen molar-refractivity contribution in [2.24, 2.45) is 0 Å². The Labute approximate surface area is 276 Å². The number of alkyl halides is 3. The van der Waals surface area contributed by atoms with Gasteiger partial charge in [-0.15, -0.1) is 0 Å². The molecular weight excluding hydrogens is 628 g/mol. The maximum absolute atomic E-state index is 15.0. The van der Waals surface area contributed by atoms with Gasteiger partial charge in [0.1, 0.15) is 17.1 Å². The first-order valence-corrected chi connectivity index (χ1v) is 15.8. The number of hydrogen-bond acceptors (Lipinski definition) is 6. The number of rotatable bonds is 7. The van der Waals surface area contributed by atoms with Crippen molar-refractivity contribution in [3.05, 3.63) is 88.0 Å². The van der Waals surface area contributed by atoms with Gasteiger partial charge in [0.2, 0.25) is 5.91 Å². The number of likely N-dealkylation sites (N-methyl/N-ethyl adjacent to an activating group) is 1. The first-order chi connectivity index (χ1) is 22.8. The molecule has 2 aliphatic heterocycles. The molecule has 48 heavy (non-hydrogen) atoms. The van der Waals surface area contributed by atoms with E-state index in [9.17, 15) is 27.2 Å². The molecule has 4 heterocycles. The van der Waals surface area contributed by atoms with E-state index in [4.69, 9.17) is 4.74 Å². The number of amides is 2. The third-order valence-electron chi connectivity index (χ3n) is 9.10. The largest absolute Gasteiger partial charge is 0.453 e. The van der Waals surface area contributed by atoms with Gasteiger partial charge >= 0.3 is 6.18 Å². The quantitative estimate of drug-likeness (QED) is 0.257. The van der Waals surface area contributed by atoms with Crippen molar-refractivity contribution in [2.75, 3.05) is 53.9 Å². The normalized spacial score (nSPS) is 17.4. The first-order valence-electron chi connectivity index (χ1n) is 15.8. The molecule has 0 radical (unpaired) electrons. The molecule has 254 valence electrons. The molecule has 4 aromatic rings. The predicted molar refractivity (Wildman–Crippen MR) is 172 cm³/mol. The highest BCUT2D eigenvalue weighted by atomic mass is 19.4. The number of carbonyl (C=O) groups is 2. The predicted octanol–water partition coefficient (Wildman–Crippen LogP) is 5.65. The Morgan fingerprint density at radius 2 is 1.81 bits per heavy atom. The number of benzene rings is 2. The summed E-state index contributed by atoms with van der Waals surface area (Å²) in [5.41, 5.74) is 2.13. The van der Waals surface area contributed by atoms with Crippen molar-refractivity contribution < 1.29 is 31.9 Å². The van der Waals surface area contributed by atoms with Crippen LogP contribution < -0.4 is 4.74 Å². The van der Waals surface area contributed by atoms with E-state index in [1.807, 2.05) is 24.9 Å². The Bertz CT molecular complexity index is 1850. The molecule has 1 saturated heterocycles. The smallest absolute Gasteiger partial charge is 0.416 e. The number of ether oxygens (including phenoxy) is 1. The number of hydrogen-bond donors (Lipinski definition) is 1. The summed E-state index contributed by atoms with van der Waals surface area (Å²) >= 11 is 0. The molecule has 2 aromatic heterocycles. The number of H-pyrrole nitrogens is 1. The van der Waals surface area contributed by atoms with Gasteiger partial charge in [0, 0.05) is 59.9 Å². The van der Waals surface area contributed by atoms with Gasteiger partial charge in [-0.2, -0.15) is 13.2 Å². The molecule has 0 spiro atoms. The second-order valence-corrected chi connectivity index (χ2v) is 13.0. The number of carbonyl (C=O) groups excluding carboxylic acids is 2. The van der Waals surface area contributed by atoms with Crippen LogP contribution in [0.4, 0.5) is 17.6 Å². The summed E-state index contributed by atoms with van der Waals surface area (Å²) in [5, 5.41) is 0.302. The van der Waals surface area contributed by atoms with Gasteiger partial charge < -0.3 is 24.4 Å². The van der Waals surface area contributed by atoms with E-state index in [1.165, 1.54) is 17.0 Å². The lowest BCUT2D eigenvalue weighted by Crippen LogP contribution is -2.44. The summed E-state index contributed by atoms with van der Waals surface area (Å²) in [5.74, 6) is -1.11. The van der Waals surface area contributed by atoms with Crippen molar-refractivity contribution in [3.8, 4) is 11.5 Å². The fourth-order valence-corrected chi connectivity index (χ4v) is 6.43. The van der Waals surface area contributed by atoms with E-state index in [0.717, 1.165) is 36.5 Å². The Morgan fingerprint density at radius 1 is 1.06 bits per heavy atom. The highest BCUT2D eigenvalue weighted by Crippen LogP contribution is 2.37. The summed E-state index contributed by atoms with van der Waals surface area (Å²) in [6, 6.07) is 11.1. The van der Waals surface area contributed by atoms with E-state index in [2.05, 4.69) is 14.9 Å². The molecule has 1 N–H and O–H groups in total. The molecule has 13 heteroatoms. The van der Waals surface area contributed by atoms with Crippen LogP contribution in [0.1, 0.15) is 51.1 Å². The molecule has 0 bridgehead atoms. The third kappa shape index (κ3) is 7.02. The molecule has 2 aliphatic rings. The number of pyridine rings is 1. The van der Waals surface area contributed by atoms with Gasteiger partial charge in [-0.1, -0.05) is 25.1 Å². The minimum absolute atomic E-state index is 0.0444. The van der Waals surface area contributed by atoms with Crippen LogP contribution in [-0.4, -0.2) is 95.2 Å². The van der Waals surface area contributed by atoms with Crippen LogP contribution >= 0.6 is 0 Å². The van der Waals surface area contributed by atoms with Crippen LogP contribution in [0.25, 0.3) is 11.0 Å². The number of aromatic amines is 1. The third-order valence-corrected chi connectivity index (χ3v) is 9.10. The number of nitrogens with zero attached hydrogens (tertiary/aromatic N) is 5. The molecule has 6 rings (SSSR count). The van der Waals surface area contributed by atoms with E-state index < -0.39 is 17.6 Å². The number of nitrogens with one attached hydrogen (secondary N) is 1. The Hall–Kier alpha value is -4.49. The molecule has 2 aromatic carbocycles. The first kappa shape index (κ1) is 33.4. The summed E-state index contributed by atoms with van der Waals surface area (Å²) in [7, 11) is 5.20. The molecule has 1 atom stereocenters. The minimum atomic E-state index is -4.54. The lowest BCUT2D eigenvalue weighted by Gasteiger charge is -2.34. The summed E-state index contributed by atoms with van der Waals surface area (Å²) in [6.07, 6.45) is -3.69. The SMILES string of the molecule is C[C@H]1CN(C(=O)Cc2ccc(CN3CCN(C)CC3)c(C(F)(F)F)c2)Cc2cc(Oc3c(F)cnc4[nH]c(C(=O)N(C)C)cc34)ccc21. The lowest BCUT2D eigenvalue weighted by molar-refractivity contribution is -0.138. The Kier molecular flexibility index (Phi) is 9.18. The highest BCUT2D eigenvalue weighted by molar-refractivity contribution is 5.98. The molecular formula is C35H38F4N6O3. The van der Waals surface area contributed by atoms with Gasteiger partial charge in [-0.3, -0.25) is 14.5 Å². The fourth-order valence-electron chi connectivity index (χ4n) is 6.43. The van der Waals surface area contributed by atoms with Crippen molar-refractivity contribution in [3.63, 3.8) is 0 Å². The van der Waals surface area contributed by atoms with Gasteiger partial charge in [0.05, 0.1) is 23.6 Å². The monoisotopic (exact) mass is 666 g/mol. The van der Waals surface area contributed by atoms with Gasteiger partial charge in [-0.05, 0) is 59.5 Å². The van der Waals surface area contributed by atoms with E-state index in [1.54, 1.807) is 37.2 Å². The summed E-state index contributed by atoms with van der Waals surface area (Å²) in [4.78, 5) is 40.1. The molecule has 2 amide bonds. The molecule has 0 unspecified atom stereocenters. The van der Waals surface area contributed by atoms with Crippen molar-refractivity contribution >= 4 is 22.8 Å². The fraction of sp³-hybridized carbons (Fsp3) is 0.400. The van der Waals surface area contributed by atoms with Crippen LogP contribution in [0.5, 0.6) is 11.5 Å². The number of fused-ring (bicyclic) bond motifs is 2. The number of aromatic nitrogens is 2. The second kappa shape index (κ2) is 13.2. The van der Waals surface area contributed by atoms with Crippen molar-refractivity contribution in [2.45, 2.75) is 38.5 Å². The van der Waals surface area contributed by atoms with Crippen LogP contribution in [-0.2, 0) is 30.5 Å². The maximum atomic E-state index is 15.0. The summed E-state index contributed by atoms with van der Waals surface area (Å²) in [6.45, 7) is 5.81. The van der Waals surface area contributed by atoms with Crippen LogP contribution in [0.2, 0.25) is 0 Å². The van der Waals surface area contributed by atoms with Crippen molar-refractivity contribution in [1.29, 1.82) is 0 Å². The highest BCUT2D eigenvalue weighted by Gasteiger charge is 2.35. The zero-order valence-corrected chi connectivity index (χ0v) is 27.3. The van der Waals surface area contributed by atoms with Gasteiger partial charge in [0.25, 0.3) is 5.91 Å². The van der Waals surface area contributed by atoms with E-state index in [0.29, 0.717) is 42.0 Å². The van der Waals surface area contributed by atoms with Crippen LogP contribution in [0.15, 0.2) is 48.7 Å². The average molecular weight is 667 g/mol. The summed E-state index contributed by atoms with van der Waals surface area (Å²) < 4.78 is 63.4. The Balaban J connectivity index is 1.19. The zero-order valence-electron chi connectivity index (χ0n) is 27.3. The maximum Gasteiger partial charge on any atom is 0.416 e. The van der Waals surface area contributed by atoms with Crippen LogP contribution in [0, 0.1) is 5.82 Å². The molecule has 9 nitrogen and oxygen atoms in total. The lowest BCUT2D eigenvalue weighted by atomic mass is 9.90. The molecule has 1 fully saturated rings. The number of piperazine rings is 1. The second-order valence-electron chi connectivity index (χ2n) is 13.0. The standard InChI is InChI=1S/C35H38F4N6O3/c1-21-18-45(31(46)14-22-5-6-23(28(13-22)35(37,38)39)19-44-11-9-43(4)10-12-44)20-24-15-25(7-8-26(21)24)48-32-27-16-30(34(47)42(2)3)41-33(27)40-17-29(32)36/h5-8,13,15-17,21H,9-12,14,18-20H2,1-4H3,(H,40,41)/t21-/m0/s1. The van der Waals surface area contributed by atoms with Crippen LogP contribution in [0.3, 0.4) is 0 Å². The Morgan fingerprint density at radius 3 is 2.52 bits per heavy atom. The van der Waals surface area contributed by atoms with Gasteiger partial charge in [0.15, 0.2) is 11.6 Å². The molecule has 0 aliphatic carbocycles. The van der Waals surface area contributed by atoms with Gasteiger partial charge in [-0.25, -0.2) is 9.37 Å².